The molecular weight excluding hydrogens is 240 g/mol. The highest BCUT2D eigenvalue weighted by atomic mass is 16.5. The highest BCUT2D eigenvalue weighted by Crippen LogP contribution is 2.24. The lowest BCUT2D eigenvalue weighted by atomic mass is 9.98. The van der Waals surface area contributed by atoms with Crippen molar-refractivity contribution in [1.82, 2.24) is 5.32 Å². The quantitative estimate of drug-likeness (QED) is 0.724. The van der Waals surface area contributed by atoms with Crippen LogP contribution >= 0.6 is 0 Å². The Bertz CT molecular complexity index is 277. The van der Waals surface area contributed by atoms with Gasteiger partial charge in [-0.15, -0.1) is 0 Å². The minimum atomic E-state index is 0.0410. The molecule has 0 aliphatic heterocycles. The zero-order valence-corrected chi connectivity index (χ0v) is 11.9. The van der Waals surface area contributed by atoms with Crippen molar-refractivity contribution in [3.63, 3.8) is 0 Å². The second kappa shape index (κ2) is 7.85. The van der Waals surface area contributed by atoms with Gasteiger partial charge in [-0.3, -0.25) is 4.79 Å². The van der Waals surface area contributed by atoms with Gasteiger partial charge in [-0.1, -0.05) is 25.7 Å². The molecule has 0 aromatic heterocycles. The number of nitrogens with two attached hydrogens (primary N) is 1. The molecule has 0 aromatic rings. The van der Waals surface area contributed by atoms with Gasteiger partial charge in [0.25, 0.3) is 0 Å². The van der Waals surface area contributed by atoms with Crippen LogP contribution in [0.1, 0.15) is 57.8 Å². The molecule has 2 rings (SSSR count). The highest BCUT2D eigenvalue weighted by molar-refractivity contribution is 5.79. The number of carbonyl (C=O) groups is 1. The van der Waals surface area contributed by atoms with Crippen LogP contribution in [0.15, 0.2) is 0 Å². The molecule has 0 saturated heterocycles. The molecular formula is C15H28N2O2. The Hall–Kier alpha value is -0.610. The number of hydrogen-bond acceptors (Lipinski definition) is 3. The number of amides is 1. The first kappa shape index (κ1) is 14.8. The molecule has 3 N–H and O–H groups in total. The van der Waals surface area contributed by atoms with Crippen molar-refractivity contribution in [1.29, 1.82) is 0 Å². The van der Waals surface area contributed by atoms with Crippen LogP contribution in [0.5, 0.6) is 0 Å². The van der Waals surface area contributed by atoms with E-state index in [9.17, 15) is 4.79 Å². The average Bonchev–Trinajstić information content (AvgIpc) is 2.86. The van der Waals surface area contributed by atoms with Crippen LogP contribution in [0.2, 0.25) is 0 Å². The minimum Gasteiger partial charge on any atom is -0.378 e. The molecule has 110 valence electrons. The fourth-order valence-electron chi connectivity index (χ4n) is 3.21. The number of nitrogens with one attached hydrogen (secondary N) is 1. The fourth-order valence-corrected chi connectivity index (χ4v) is 3.21. The van der Waals surface area contributed by atoms with E-state index in [1.807, 2.05) is 0 Å². The third-order valence-corrected chi connectivity index (χ3v) is 4.43. The molecule has 2 fully saturated rings. The summed E-state index contributed by atoms with van der Waals surface area (Å²) < 4.78 is 5.84. The zero-order valence-electron chi connectivity index (χ0n) is 11.9. The van der Waals surface area contributed by atoms with Crippen LogP contribution in [0.3, 0.4) is 0 Å². The normalized spacial score (nSPS) is 28.5. The van der Waals surface area contributed by atoms with Crippen molar-refractivity contribution in [2.75, 3.05) is 13.2 Å². The first-order valence-corrected chi connectivity index (χ1v) is 7.92. The van der Waals surface area contributed by atoms with Gasteiger partial charge < -0.3 is 15.8 Å². The largest absolute Gasteiger partial charge is 0.378 e. The molecule has 0 aromatic carbocycles. The minimum absolute atomic E-state index is 0.0410. The van der Waals surface area contributed by atoms with Crippen molar-refractivity contribution in [2.45, 2.75) is 69.9 Å². The standard InChI is InChI=1S/C15H28N2O2/c16-14-9-4-8-13(14)15(18)17-10-5-11-19-12-6-2-1-3-7-12/h12-14H,1-11,16H2,(H,17,18). The molecule has 0 bridgehead atoms. The Labute approximate surface area is 116 Å². The second-order valence-corrected chi connectivity index (χ2v) is 5.98. The van der Waals surface area contributed by atoms with Gasteiger partial charge in [0.1, 0.15) is 0 Å². The third-order valence-electron chi connectivity index (χ3n) is 4.43. The summed E-state index contributed by atoms with van der Waals surface area (Å²) in [7, 11) is 0. The van der Waals surface area contributed by atoms with Crippen LogP contribution in [0, 0.1) is 5.92 Å². The SMILES string of the molecule is NC1CCCC1C(=O)NCCCOC1CCCCC1. The number of rotatable bonds is 6. The maximum atomic E-state index is 11.9. The molecule has 2 aliphatic carbocycles. The molecule has 4 nitrogen and oxygen atoms in total. The summed E-state index contributed by atoms with van der Waals surface area (Å²) in [5, 5.41) is 2.99. The summed E-state index contributed by atoms with van der Waals surface area (Å²) in [5.41, 5.74) is 5.92. The molecule has 1 amide bonds. The lowest BCUT2D eigenvalue weighted by molar-refractivity contribution is -0.125. The van der Waals surface area contributed by atoms with Gasteiger partial charge in [-0.2, -0.15) is 0 Å². The van der Waals surface area contributed by atoms with Gasteiger partial charge >= 0.3 is 0 Å². The first-order valence-electron chi connectivity index (χ1n) is 7.92. The van der Waals surface area contributed by atoms with Crippen molar-refractivity contribution >= 4 is 5.91 Å². The molecule has 2 aliphatic rings. The lowest BCUT2D eigenvalue weighted by Gasteiger charge is -2.22. The second-order valence-electron chi connectivity index (χ2n) is 5.98. The summed E-state index contributed by atoms with van der Waals surface area (Å²) in [6.07, 6.45) is 10.8. The fraction of sp³-hybridized carbons (Fsp3) is 0.933. The number of ether oxygens (including phenoxy) is 1. The maximum absolute atomic E-state index is 11.9. The summed E-state index contributed by atoms with van der Waals surface area (Å²) >= 11 is 0. The van der Waals surface area contributed by atoms with Gasteiger partial charge in [-0.25, -0.2) is 0 Å². The van der Waals surface area contributed by atoms with Gasteiger partial charge in [0, 0.05) is 19.2 Å². The smallest absolute Gasteiger partial charge is 0.224 e. The molecule has 2 unspecified atom stereocenters. The lowest BCUT2D eigenvalue weighted by Crippen LogP contribution is -2.39. The van der Waals surface area contributed by atoms with Crippen molar-refractivity contribution in [3.8, 4) is 0 Å². The van der Waals surface area contributed by atoms with Gasteiger partial charge in [0.05, 0.1) is 12.0 Å². The molecule has 4 heteroatoms. The Kier molecular flexibility index (Phi) is 6.11. The van der Waals surface area contributed by atoms with E-state index in [1.54, 1.807) is 0 Å². The molecule has 2 saturated carbocycles. The van der Waals surface area contributed by atoms with E-state index in [4.69, 9.17) is 10.5 Å². The van der Waals surface area contributed by atoms with Crippen LogP contribution in [0.4, 0.5) is 0 Å². The van der Waals surface area contributed by atoms with Crippen LogP contribution in [-0.4, -0.2) is 31.2 Å². The average molecular weight is 268 g/mol. The number of hydrogen-bond donors (Lipinski definition) is 2. The van der Waals surface area contributed by atoms with Crippen molar-refractivity contribution in [2.24, 2.45) is 11.7 Å². The summed E-state index contributed by atoms with van der Waals surface area (Å²) in [6, 6.07) is 0.0680. The predicted octanol–water partition coefficient (Wildman–Crippen LogP) is 1.97. The molecule has 0 radical (unpaired) electrons. The Balaban J connectivity index is 1.50. The van der Waals surface area contributed by atoms with Crippen LogP contribution in [-0.2, 0) is 9.53 Å². The van der Waals surface area contributed by atoms with E-state index in [1.165, 1.54) is 32.1 Å². The van der Waals surface area contributed by atoms with E-state index in [-0.39, 0.29) is 17.9 Å². The van der Waals surface area contributed by atoms with E-state index in [2.05, 4.69) is 5.32 Å². The predicted molar refractivity (Wildman–Crippen MR) is 75.8 cm³/mol. The Morgan fingerprint density at radius 2 is 1.89 bits per heavy atom. The van der Waals surface area contributed by atoms with E-state index >= 15 is 0 Å². The summed E-state index contributed by atoms with van der Waals surface area (Å²) in [6.45, 7) is 1.48. The summed E-state index contributed by atoms with van der Waals surface area (Å²) in [4.78, 5) is 11.9. The Morgan fingerprint density at radius 3 is 2.58 bits per heavy atom. The third kappa shape index (κ3) is 4.77. The van der Waals surface area contributed by atoms with Gasteiger partial charge in [0.2, 0.25) is 5.91 Å². The van der Waals surface area contributed by atoms with E-state index < -0.39 is 0 Å². The van der Waals surface area contributed by atoms with Crippen molar-refractivity contribution in [3.05, 3.63) is 0 Å². The van der Waals surface area contributed by atoms with Crippen molar-refractivity contribution < 1.29 is 9.53 Å². The van der Waals surface area contributed by atoms with Crippen LogP contribution < -0.4 is 11.1 Å². The number of carbonyl (C=O) groups excluding carboxylic acids is 1. The highest BCUT2D eigenvalue weighted by Gasteiger charge is 2.29. The molecule has 19 heavy (non-hydrogen) atoms. The first-order chi connectivity index (χ1) is 9.27. The molecule has 0 spiro atoms. The monoisotopic (exact) mass is 268 g/mol. The topological polar surface area (TPSA) is 64.4 Å². The Morgan fingerprint density at radius 1 is 1.11 bits per heavy atom. The van der Waals surface area contributed by atoms with Gasteiger partial charge in [0.15, 0.2) is 0 Å². The van der Waals surface area contributed by atoms with Gasteiger partial charge in [-0.05, 0) is 32.1 Å². The molecule has 0 heterocycles. The van der Waals surface area contributed by atoms with E-state index in [0.29, 0.717) is 6.10 Å². The van der Waals surface area contributed by atoms with Crippen LogP contribution in [0.25, 0.3) is 0 Å². The van der Waals surface area contributed by atoms with E-state index in [0.717, 1.165) is 38.8 Å². The summed E-state index contributed by atoms with van der Waals surface area (Å²) in [5.74, 6) is 0.182. The molecule has 2 atom stereocenters. The maximum Gasteiger partial charge on any atom is 0.224 e. The zero-order chi connectivity index (χ0) is 13.5.